The van der Waals surface area contributed by atoms with E-state index in [-0.39, 0.29) is 5.82 Å². The summed E-state index contributed by atoms with van der Waals surface area (Å²) in [4.78, 5) is 11.9. The van der Waals surface area contributed by atoms with Crippen molar-refractivity contribution in [2.75, 3.05) is 71.0 Å². The molecule has 3 rings (SSSR count). The maximum atomic E-state index is 14.1. The van der Waals surface area contributed by atoms with Gasteiger partial charge in [0.25, 0.3) is 0 Å². The molecule has 6 nitrogen and oxygen atoms in total. The summed E-state index contributed by atoms with van der Waals surface area (Å²) < 4.78 is 19.3. The van der Waals surface area contributed by atoms with Gasteiger partial charge in [-0.25, -0.2) is 4.39 Å². The molecule has 1 aromatic carbocycles. The van der Waals surface area contributed by atoms with Crippen molar-refractivity contribution in [2.24, 2.45) is 4.99 Å². The number of nitrogens with one attached hydrogen (secondary N) is 1. The second-order valence-electron chi connectivity index (χ2n) is 7.44. The maximum absolute atomic E-state index is 14.1. The lowest BCUT2D eigenvalue weighted by Gasteiger charge is -2.38. The monoisotopic (exact) mass is 391 g/mol. The zero-order valence-electron chi connectivity index (χ0n) is 17.2. The van der Waals surface area contributed by atoms with E-state index in [0.29, 0.717) is 11.7 Å². The molecule has 0 radical (unpaired) electrons. The van der Waals surface area contributed by atoms with Crippen molar-refractivity contribution in [3.05, 3.63) is 30.1 Å². The molecule has 2 heterocycles. The van der Waals surface area contributed by atoms with Gasteiger partial charge in [0.1, 0.15) is 5.82 Å². The summed E-state index contributed by atoms with van der Waals surface area (Å²) in [7, 11) is 1.76. The zero-order valence-corrected chi connectivity index (χ0v) is 17.2. The van der Waals surface area contributed by atoms with Gasteiger partial charge in [-0.05, 0) is 38.4 Å². The van der Waals surface area contributed by atoms with Gasteiger partial charge in [-0.2, -0.15) is 0 Å². The minimum absolute atomic E-state index is 0.145. The number of para-hydroxylation sites is 1. The summed E-state index contributed by atoms with van der Waals surface area (Å²) in [5.41, 5.74) is 0.698. The average Bonchev–Trinajstić information content (AvgIpc) is 3.17. The number of hydrogen-bond acceptors (Lipinski definition) is 4. The number of likely N-dealkylation sites (tertiary alicyclic amines) is 1. The smallest absolute Gasteiger partial charge is 0.194 e. The van der Waals surface area contributed by atoms with Gasteiger partial charge in [0.2, 0.25) is 0 Å². The molecule has 1 N–H and O–H groups in total. The number of anilines is 1. The Morgan fingerprint density at radius 2 is 2.00 bits per heavy atom. The number of hydrogen-bond donors (Lipinski definition) is 1. The first-order valence-electron chi connectivity index (χ1n) is 10.5. The summed E-state index contributed by atoms with van der Waals surface area (Å²) >= 11 is 0. The van der Waals surface area contributed by atoms with Crippen LogP contribution >= 0.6 is 0 Å². The van der Waals surface area contributed by atoms with Crippen LogP contribution in [0.25, 0.3) is 0 Å². The van der Waals surface area contributed by atoms with E-state index in [1.54, 1.807) is 13.2 Å². The van der Waals surface area contributed by atoms with E-state index in [1.165, 1.54) is 18.9 Å². The summed E-state index contributed by atoms with van der Waals surface area (Å²) in [6.07, 6.45) is 2.44. The molecule has 2 saturated heterocycles. The summed E-state index contributed by atoms with van der Waals surface area (Å²) in [6.45, 7) is 9.96. The van der Waals surface area contributed by atoms with Crippen LogP contribution in [0.4, 0.5) is 10.1 Å². The van der Waals surface area contributed by atoms with Crippen molar-refractivity contribution >= 4 is 11.6 Å². The average molecular weight is 392 g/mol. The third kappa shape index (κ3) is 5.35. The van der Waals surface area contributed by atoms with E-state index in [2.05, 4.69) is 26.9 Å². The third-order valence-corrected chi connectivity index (χ3v) is 5.64. The number of piperazine rings is 1. The lowest BCUT2D eigenvalue weighted by Crippen LogP contribution is -2.53. The Kier molecular flexibility index (Phi) is 7.91. The SMILES string of the molecule is CCNC(=NCC1CCCN1CCOC)N1CCN(c2ccccc2F)CC1. The molecule has 0 bridgehead atoms. The van der Waals surface area contributed by atoms with Crippen molar-refractivity contribution in [1.82, 2.24) is 15.1 Å². The standard InChI is InChI=1S/C21H34FN5O/c1-3-23-21(24-17-18-7-6-10-25(18)15-16-28-2)27-13-11-26(12-14-27)20-9-5-4-8-19(20)22/h4-5,8-9,18H,3,6-7,10-17H2,1-2H3,(H,23,24). The quantitative estimate of drug-likeness (QED) is 0.569. The first-order valence-corrected chi connectivity index (χ1v) is 10.5. The third-order valence-electron chi connectivity index (χ3n) is 5.64. The van der Waals surface area contributed by atoms with Crippen molar-refractivity contribution in [3.8, 4) is 0 Å². The normalized spacial score (nSPS) is 21.4. The Labute approximate surface area is 168 Å². The van der Waals surface area contributed by atoms with E-state index < -0.39 is 0 Å². The van der Waals surface area contributed by atoms with Crippen molar-refractivity contribution in [1.29, 1.82) is 0 Å². The highest BCUT2D eigenvalue weighted by atomic mass is 19.1. The molecule has 2 aliphatic heterocycles. The Bertz CT molecular complexity index is 633. The molecule has 156 valence electrons. The second kappa shape index (κ2) is 10.6. The Morgan fingerprint density at radius 3 is 2.71 bits per heavy atom. The van der Waals surface area contributed by atoms with Crippen LogP contribution in [-0.2, 0) is 4.74 Å². The van der Waals surface area contributed by atoms with Crippen LogP contribution in [0.1, 0.15) is 19.8 Å². The first-order chi connectivity index (χ1) is 13.7. The molecule has 0 aliphatic carbocycles. The number of benzene rings is 1. The molecule has 28 heavy (non-hydrogen) atoms. The van der Waals surface area contributed by atoms with Crippen molar-refractivity contribution < 1.29 is 9.13 Å². The highest BCUT2D eigenvalue weighted by molar-refractivity contribution is 5.80. The van der Waals surface area contributed by atoms with Crippen LogP contribution in [-0.4, -0.2) is 87.9 Å². The van der Waals surface area contributed by atoms with Crippen LogP contribution in [0.3, 0.4) is 0 Å². The largest absolute Gasteiger partial charge is 0.383 e. The fourth-order valence-electron chi connectivity index (χ4n) is 4.09. The molecule has 0 amide bonds. The zero-order chi connectivity index (χ0) is 19.8. The number of halogens is 1. The topological polar surface area (TPSA) is 43.3 Å². The molecule has 1 atom stereocenters. The van der Waals surface area contributed by atoms with Crippen LogP contribution in [0, 0.1) is 5.82 Å². The Hall–Kier alpha value is -1.86. The van der Waals surface area contributed by atoms with Gasteiger partial charge in [0.15, 0.2) is 5.96 Å². The van der Waals surface area contributed by atoms with Crippen LogP contribution < -0.4 is 10.2 Å². The molecule has 1 aromatic rings. The van der Waals surface area contributed by atoms with Gasteiger partial charge in [-0.1, -0.05) is 12.1 Å². The molecule has 2 fully saturated rings. The number of ether oxygens (including phenoxy) is 1. The summed E-state index contributed by atoms with van der Waals surface area (Å²) in [6, 6.07) is 7.53. The Morgan fingerprint density at radius 1 is 1.21 bits per heavy atom. The van der Waals surface area contributed by atoms with E-state index in [9.17, 15) is 4.39 Å². The number of aliphatic imine (C=N–C) groups is 1. The molecular weight excluding hydrogens is 357 g/mol. The number of nitrogens with zero attached hydrogens (tertiary/aromatic N) is 4. The molecule has 0 spiro atoms. The van der Waals surface area contributed by atoms with Gasteiger partial charge >= 0.3 is 0 Å². The van der Waals surface area contributed by atoms with E-state index in [1.807, 2.05) is 12.1 Å². The van der Waals surface area contributed by atoms with E-state index in [4.69, 9.17) is 9.73 Å². The predicted molar refractivity (Wildman–Crippen MR) is 113 cm³/mol. The van der Waals surface area contributed by atoms with Crippen LogP contribution in [0.15, 0.2) is 29.3 Å². The molecule has 1 unspecified atom stereocenters. The fourth-order valence-corrected chi connectivity index (χ4v) is 4.09. The van der Waals surface area contributed by atoms with E-state index in [0.717, 1.165) is 64.9 Å². The minimum atomic E-state index is -0.145. The number of methoxy groups -OCH3 is 1. The molecule has 0 aromatic heterocycles. The molecule has 7 heteroatoms. The highest BCUT2D eigenvalue weighted by Gasteiger charge is 2.25. The van der Waals surface area contributed by atoms with Gasteiger partial charge < -0.3 is 19.9 Å². The minimum Gasteiger partial charge on any atom is -0.383 e. The van der Waals surface area contributed by atoms with Crippen molar-refractivity contribution in [3.63, 3.8) is 0 Å². The Balaban J connectivity index is 1.57. The second-order valence-corrected chi connectivity index (χ2v) is 7.44. The van der Waals surface area contributed by atoms with Crippen LogP contribution in [0.2, 0.25) is 0 Å². The molecular formula is C21H34FN5O. The summed E-state index contributed by atoms with van der Waals surface area (Å²) in [5, 5.41) is 3.44. The van der Waals surface area contributed by atoms with Crippen molar-refractivity contribution in [2.45, 2.75) is 25.8 Å². The van der Waals surface area contributed by atoms with Crippen LogP contribution in [0.5, 0.6) is 0 Å². The van der Waals surface area contributed by atoms with Gasteiger partial charge in [-0.15, -0.1) is 0 Å². The van der Waals surface area contributed by atoms with E-state index >= 15 is 0 Å². The number of guanidine groups is 1. The lowest BCUT2D eigenvalue weighted by molar-refractivity contribution is 0.142. The lowest BCUT2D eigenvalue weighted by atomic mass is 10.2. The molecule has 2 aliphatic rings. The highest BCUT2D eigenvalue weighted by Crippen LogP contribution is 2.20. The van der Waals surface area contributed by atoms with Gasteiger partial charge in [0.05, 0.1) is 18.8 Å². The number of rotatable bonds is 7. The maximum Gasteiger partial charge on any atom is 0.194 e. The van der Waals surface area contributed by atoms with Gasteiger partial charge in [-0.3, -0.25) is 9.89 Å². The summed E-state index contributed by atoms with van der Waals surface area (Å²) in [5.74, 6) is 0.836. The first kappa shape index (κ1) is 20.9. The fraction of sp³-hybridized carbons (Fsp3) is 0.667. The molecule has 0 saturated carbocycles. The predicted octanol–water partition coefficient (Wildman–Crippen LogP) is 2.02. The van der Waals surface area contributed by atoms with Gasteiger partial charge in [0, 0.05) is 52.4 Å².